The minimum absolute atomic E-state index is 0. The van der Waals surface area contributed by atoms with Gasteiger partial charge in [0, 0.05) is 24.7 Å². The molecule has 0 saturated heterocycles. The average Bonchev–Trinajstić information content (AvgIpc) is 2.28. The van der Waals surface area contributed by atoms with E-state index in [0.717, 1.165) is 30.7 Å². The number of nitrogens with zero attached hydrogens (tertiary/aromatic N) is 1. The first kappa shape index (κ1) is 9.70. The number of carbonyl (C=O) groups excluding carboxylic acids is 2. The van der Waals surface area contributed by atoms with E-state index in [2.05, 4.69) is 4.98 Å². The van der Waals surface area contributed by atoms with Crippen LogP contribution in [0.15, 0.2) is 6.07 Å². The van der Waals surface area contributed by atoms with E-state index in [-0.39, 0.29) is 13.0 Å². The Morgan fingerprint density at radius 2 is 1.88 bits per heavy atom. The zero-order valence-electron chi connectivity index (χ0n) is 8.95. The summed E-state index contributed by atoms with van der Waals surface area (Å²) in [7, 11) is 0. The van der Waals surface area contributed by atoms with Gasteiger partial charge in [0.2, 0.25) is 0 Å². The van der Waals surface area contributed by atoms with Crippen LogP contribution >= 0.6 is 0 Å². The molecule has 0 atom stereocenters. The molecule has 0 N–H and O–H groups in total. The lowest BCUT2D eigenvalue weighted by atomic mass is 9.88. The Morgan fingerprint density at radius 1 is 1.06 bits per heavy atom. The molecule has 0 amide bonds. The van der Waals surface area contributed by atoms with Crippen LogP contribution in [-0.2, 0) is 12.8 Å². The fourth-order valence-corrected chi connectivity index (χ4v) is 2.42. The predicted molar refractivity (Wildman–Crippen MR) is 60.6 cm³/mol. The molecular weight excluding hydrogens is 202 g/mol. The minimum Gasteiger partial charge on any atom is -0.315 e. The molecule has 3 heteroatoms. The van der Waals surface area contributed by atoms with Crippen molar-refractivity contribution in [1.82, 2.24) is 4.98 Å². The van der Waals surface area contributed by atoms with Gasteiger partial charge in [0.05, 0.1) is 5.69 Å². The molecule has 0 spiro atoms. The third-order valence-electron chi connectivity index (χ3n) is 3.27. The SMILES string of the molecule is O=C1C[CH-]Cc2nc3c(cc21)C(=O)CCC3.[HH]. The molecule has 0 bridgehead atoms. The molecule has 16 heavy (non-hydrogen) atoms. The summed E-state index contributed by atoms with van der Waals surface area (Å²) in [6.07, 6.45) is 5.52. The Balaban J connectivity index is 0.00000108. The van der Waals surface area contributed by atoms with Crippen LogP contribution in [0.4, 0.5) is 0 Å². The Labute approximate surface area is 95.4 Å². The molecule has 0 radical (unpaired) electrons. The Kier molecular flexibility index (Phi) is 2.13. The standard InChI is InChI=1S/C13H12NO2.H2/c15-12-5-1-3-10-8(12)7-9-11(14-10)4-2-6-13(9)16;/h1,7H,2-6H2;1H/q-1;. The molecule has 3 nitrogen and oxygen atoms in total. The predicted octanol–water partition coefficient (Wildman–Crippen LogP) is 2.18. The van der Waals surface area contributed by atoms with E-state index in [0.29, 0.717) is 24.0 Å². The van der Waals surface area contributed by atoms with E-state index < -0.39 is 0 Å². The molecule has 1 aromatic heterocycles. The van der Waals surface area contributed by atoms with Gasteiger partial charge in [0.15, 0.2) is 5.78 Å². The molecule has 3 rings (SSSR count). The second-order valence-corrected chi connectivity index (χ2v) is 4.37. The minimum atomic E-state index is 0. The number of Topliss-reactive ketones (excluding diaryl/α,β-unsaturated/α-hetero) is 2. The van der Waals surface area contributed by atoms with E-state index in [9.17, 15) is 9.59 Å². The lowest BCUT2D eigenvalue weighted by Crippen LogP contribution is -2.20. The van der Waals surface area contributed by atoms with Crippen LogP contribution in [0.1, 0.15) is 52.8 Å². The highest BCUT2D eigenvalue weighted by Crippen LogP contribution is 2.26. The number of aryl methyl sites for hydroxylation is 1. The van der Waals surface area contributed by atoms with Gasteiger partial charge in [-0.3, -0.25) is 14.6 Å². The van der Waals surface area contributed by atoms with Crippen molar-refractivity contribution >= 4 is 11.6 Å². The molecule has 0 aliphatic heterocycles. The molecule has 0 fully saturated rings. The summed E-state index contributed by atoms with van der Waals surface area (Å²) in [6, 6.07) is 1.77. The molecule has 1 aromatic rings. The molecule has 2 aliphatic rings. The maximum Gasteiger partial charge on any atom is 0.164 e. The molecular formula is C13H14NO2-. The van der Waals surface area contributed by atoms with Gasteiger partial charge in [-0.1, -0.05) is 0 Å². The second kappa shape index (κ2) is 3.51. The van der Waals surface area contributed by atoms with Crippen molar-refractivity contribution in [1.29, 1.82) is 0 Å². The van der Waals surface area contributed by atoms with Crippen LogP contribution in [0.25, 0.3) is 0 Å². The number of hydrogen-bond acceptors (Lipinski definition) is 3. The maximum absolute atomic E-state index is 11.7. The molecule has 2 aliphatic carbocycles. The largest absolute Gasteiger partial charge is 0.315 e. The van der Waals surface area contributed by atoms with E-state index in [1.807, 2.05) is 6.42 Å². The van der Waals surface area contributed by atoms with Crippen molar-refractivity contribution in [2.75, 3.05) is 0 Å². The van der Waals surface area contributed by atoms with Gasteiger partial charge in [-0.2, -0.15) is 0 Å². The van der Waals surface area contributed by atoms with Gasteiger partial charge in [-0.05, 0) is 18.9 Å². The number of aromatic nitrogens is 1. The van der Waals surface area contributed by atoms with E-state index in [1.165, 1.54) is 0 Å². The molecule has 0 aromatic carbocycles. The first-order chi connectivity index (χ1) is 7.75. The summed E-state index contributed by atoms with van der Waals surface area (Å²) in [5.41, 5.74) is 3.08. The van der Waals surface area contributed by atoms with Crippen LogP contribution in [-0.4, -0.2) is 16.6 Å². The summed E-state index contributed by atoms with van der Waals surface area (Å²) in [5, 5.41) is 0. The summed E-state index contributed by atoms with van der Waals surface area (Å²) in [4.78, 5) is 27.9. The number of carbonyl (C=O) groups is 2. The van der Waals surface area contributed by atoms with Crippen molar-refractivity contribution < 1.29 is 11.0 Å². The van der Waals surface area contributed by atoms with Crippen LogP contribution in [0.3, 0.4) is 0 Å². The van der Waals surface area contributed by atoms with Crippen molar-refractivity contribution in [3.8, 4) is 0 Å². The van der Waals surface area contributed by atoms with Gasteiger partial charge in [0.25, 0.3) is 0 Å². The van der Waals surface area contributed by atoms with Crippen LogP contribution in [0.2, 0.25) is 0 Å². The van der Waals surface area contributed by atoms with Crippen LogP contribution < -0.4 is 0 Å². The second-order valence-electron chi connectivity index (χ2n) is 4.37. The first-order valence-corrected chi connectivity index (χ1v) is 5.66. The molecule has 1 heterocycles. The number of pyridine rings is 1. The van der Waals surface area contributed by atoms with Gasteiger partial charge in [-0.25, -0.2) is 0 Å². The fraction of sp³-hybridized carbons (Fsp3) is 0.385. The fourth-order valence-electron chi connectivity index (χ4n) is 2.42. The summed E-state index contributed by atoms with van der Waals surface area (Å²) in [6.45, 7) is 0. The third-order valence-corrected chi connectivity index (χ3v) is 3.27. The summed E-state index contributed by atoms with van der Waals surface area (Å²) < 4.78 is 0. The zero-order chi connectivity index (χ0) is 11.1. The van der Waals surface area contributed by atoms with E-state index >= 15 is 0 Å². The lowest BCUT2D eigenvalue weighted by Gasteiger charge is -2.24. The highest BCUT2D eigenvalue weighted by atomic mass is 16.1. The van der Waals surface area contributed by atoms with Gasteiger partial charge in [-0.15, -0.1) is 12.8 Å². The van der Waals surface area contributed by atoms with Crippen LogP contribution in [0.5, 0.6) is 0 Å². The lowest BCUT2D eigenvalue weighted by molar-refractivity contribution is 0.0971. The van der Waals surface area contributed by atoms with E-state index in [4.69, 9.17) is 0 Å². The Bertz CT molecular complexity index is 455. The van der Waals surface area contributed by atoms with Crippen molar-refractivity contribution in [2.24, 2.45) is 0 Å². The average molecular weight is 216 g/mol. The zero-order valence-corrected chi connectivity index (χ0v) is 8.95. The first-order valence-electron chi connectivity index (χ1n) is 5.66. The monoisotopic (exact) mass is 216 g/mol. The number of ketones is 2. The normalized spacial score (nSPS) is 19.2. The van der Waals surface area contributed by atoms with Crippen LogP contribution in [0, 0.1) is 6.42 Å². The van der Waals surface area contributed by atoms with E-state index in [1.54, 1.807) is 6.07 Å². The van der Waals surface area contributed by atoms with Gasteiger partial charge < -0.3 is 6.42 Å². The number of rotatable bonds is 0. The van der Waals surface area contributed by atoms with Gasteiger partial charge >= 0.3 is 0 Å². The van der Waals surface area contributed by atoms with Crippen molar-refractivity contribution in [3.63, 3.8) is 0 Å². The molecule has 0 unspecified atom stereocenters. The summed E-state index contributed by atoms with van der Waals surface area (Å²) in [5.74, 6) is 0.230. The molecule has 0 saturated carbocycles. The van der Waals surface area contributed by atoms with Crippen molar-refractivity contribution in [2.45, 2.75) is 32.1 Å². The number of hydrogen-bond donors (Lipinski definition) is 0. The topological polar surface area (TPSA) is 47.0 Å². The summed E-state index contributed by atoms with van der Waals surface area (Å²) >= 11 is 0. The smallest absolute Gasteiger partial charge is 0.164 e. The quantitative estimate of drug-likeness (QED) is 0.624. The maximum atomic E-state index is 11.7. The van der Waals surface area contributed by atoms with Crippen molar-refractivity contribution in [3.05, 3.63) is 35.0 Å². The van der Waals surface area contributed by atoms with Gasteiger partial charge in [0.1, 0.15) is 5.78 Å². The Hall–Kier alpha value is -1.51. The highest BCUT2D eigenvalue weighted by Gasteiger charge is 2.22. The molecule has 84 valence electrons. The Morgan fingerprint density at radius 3 is 2.75 bits per heavy atom. The number of fused-ring (bicyclic) bond motifs is 2. The highest BCUT2D eigenvalue weighted by molar-refractivity contribution is 6.03. The third kappa shape index (κ3) is 1.39.